The van der Waals surface area contributed by atoms with Crippen molar-refractivity contribution in [3.63, 3.8) is 0 Å². The maximum atomic E-state index is 12.2. The molecule has 1 atom stereocenters. The zero-order chi connectivity index (χ0) is 16.8. The van der Waals surface area contributed by atoms with Gasteiger partial charge in [-0.05, 0) is 17.7 Å². The van der Waals surface area contributed by atoms with E-state index in [1.807, 2.05) is 0 Å². The summed E-state index contributed by atoms with van der Waals surface area (Å²) in [6.07, 6.45) is -0.375. The Morgan fingerprint density at radius 2 is 1.83 bits per heavy atom. The van der Waals surface area contributed by atoms with E-state index in [1.165, 1.54) is 18.2 Å². The highest BCUT2D eigenvalue weighted by Gasteiger charge is 2.20. The highest BCUT2D eigenvalue weighted by Crippen LogP contribution is 2.22. The lowest BCUT2D eigenvalue weighted by molar-refractivity contribution is -0.384. The van der Waals surface area contributed by atoms with E-state index in [-0.39, 0.29) is 12.1 Å². The number of carbonyl (C=O) groups excluding carboxylic acids is 1. The van der Waals surface area contributed by atoms with Crippen LogP contribution in [0.4, 0.5) is 5.69 Å². The van der Waals surface area contributed by atoms with Crippen LogP contribution in [0.25, 0.3) is 0 Å². The predicted molar refractivity (Wildman–Crippen MR) is 82.0 cm³/mol. The molecule has 0 saturated heterocycles. The topological polar surface area (TPSA) is 110 Å². The molecule has 0 aromatic heterocycles. The van der Waals surface area contributed by atoms with Crippen LogP contribution in [0.15, 0.2) is 54.6 Å². The third-order valence-corrected chi connectivity index (χ3v) is 3.20. The first-order valence-electron chi connectivity index (χ1n) is 6.79. The van der Waals surface area contributed by atoms with Crippen molar-refractivity contribution in [3.05, 3.63) is 75.8 Å². The van der Waals surface area contributed by atoms with Crippen LogP contribution in [0.3, 0.4) is 0 Å². The fraction of sp³-hybridized carbons (Fsp3) is 0.125. The van der Waals surface area contributed by atoms with E-state index < -0.39 is 22.8 Å². The van der Waals surface area contributed by atoms with Crippen molar-refractivity contribution in [2.24, 2.45) is 0 Å². The molecule has 2 aromatic carbocycles. The summed E-state index contributed by atoms with van der Waals surface area (Å²) in [7, 11) is 0. The number of nitrogens with zero attached hydrogens (tertiary/aromatic N) is 1. The van der Waals surface area contributed by atoms with Crippen LogP contribution in [0.2, 0.25) is 0 Å². The molecular weight excluding hydrogens is 300 g/mol. The highest BCUT2D eigenvalue weighted by atomic mass is 16.6. The van der Waals surface area contributed by atoms with Crippen LogP contribution >= 0.6 is 0 Å². The number of rotatable bonds is 6. The van der Waals surface area contributed by atoms with Crippen molar-refractivity contribution >= 4 is 17.6 Å². The number of nitro groups is 1. The van der Waals surface area contributed by atoms with Gasteiger partial charge in [-0.15, -0.1) is 0 Å². The number of aliphatic carboxylic acids is 1. The lowest BCUT2D eigenvalue weighted by Gasteiger charge is -2.17. The fourth-order valence-corrected chi connectivity index (χ4v) is 2.11. The molecule has 23 heavy (non-hydrogen) atoms. The Kier molecular flexibility index (Phi) is 5.03. The summed E-state index contributed by atoms with van der Waals surface area (Å²) in [6.45, 7) is 0. The van der Waals surface area contributed by atoms with Gasteiger partial charge in [0.15, 0.2) is 0 Å². The minimum Gasteiger partial charge on any atom is -0.481 e. The van der Waals surface area contributed by atoms with Gasteiger partial charge < -0.3 is 10.4 Å². The number of carboxylic acid groups (broad SMARTS) is 1. The van der Waals surface area contributed by atoms with Crippen molar-refractivity contribution in [1.29, 1.82) is 0 Å². The number of carboxylic acids is 1. The number of hydrogen-bond donors (Lipinski definition) is 2. The van der Waals surface area contributed by atoms with Crippen LogP contribution < -0.4 is 5.32 Å². The quantitative estimate of drug-likeness (QED) is 0.629. The Morgan fingerprint density at radius 3 is 2.43 bits per heavy atom. The van der Waals surface area contributed by atoms with Crippen molar-refractivity contribution in [1.82, 2.24) is 5.32 Å². The molecule has 0 spiro atoms. The Bertz CT molecular complexity index is 730. The molecule has 2 N–H and O–H groups in total. The van der Waals surface area contributed by atoms with Gasteiger partial charge in [0.2, 0.25) is 0 Å². The minimum atomic E-state index is -1.12. The van der Waals surface area contributed by atoms with Crippen molar-refractivity contribution in [3.8, 4) is 0 Å². The SMILES string of the molecule is O=C(O)C[C@@H](NC(=O)c1ccccc1)c1cccc([N+](=O)[O-])c1. The van der Waals surface area contributed by atoms with Crippen LogP contribution in [0.1, 0.15) is 28.4 Å². The second-order valence-electron chi connectivity index (χ2n) is 4.84. The molecule has 7 nitrogen and oxygen atoms in total. The van der Waals surface area contributed by atoms with Gasteiger partial charge in [-0.2, -0.15) is 0 Å². The predicted octanol–water partition coefficient (Wildman–Crippen LogP) is 2.54. The van der Waals surface area contributed by atoms with Gasteiger partial charge in [0.1, 0.15) is 0 Å². The number of non-ortho nitro benzene ring substituents is 1. The molecule has 2 aromatic rings. The zero-order valence-corrected chi connectivity index (χ0v) is 12.0. The maximum absolute atomic E-state index is 12.2. The summed E-state index contributed by atoms with van der Waals surface area (Å²) in [5.41, 5.74) is 0.589. The molecule has 7 heteroatoms. The molecule has 118 valence electrons. The second kappa shape index (κ2) is 7.17. The number of nitro benzene ring substituents is 1. The first kappa shape index (κ1) is 16.2. The molecular formula is C16H14N2O5. The van der Waals surface area contributed by atoms with Gasteiger partial charge in [-0.3, -0.25) is 19.7 Å². The lowest BCUT2D eigenvalue weighted by atomic mass is 10.0. The van der Waals surface area contributed by atoms with Gasteiger partial charge in [0.05, 0.1) is 17.4 Å². The van der Waals surface area contributed by atoms with E-state index in [2.05, 4.69) is 5.32 Å². The average molecular weight is 314 g/mol. The zero-order valence-electron chi connectivity index (χ0n) is 12.0. The minimum absolute atomic E-state index is 0.160. The van der Waals surface area contributed by atoms with Gasteiger partial charge in [-0.25, -0.2) is 0 Å². The smallest absolute Gasteiger partial charge is 0.305 e. The third kappa shape index (κ3) is 4.37. The summed E-state index contributed by atoms with van der Waals surface area (Å²) in [5, 5.41) is 22.5. The van der Waals surface area contributed by atoms with E-state index in [1.54, 1.807) is 36.4 Å². The molecule has 0 radical (unpaired) electrons. The number of hydrogen-bond acceptors (Lipinski definition) is 4. The molecule has 0 saturated carbocycles. The molecule has 0 heterocycles. The summed E-state index contributed by atoms with van der Waals surface area (Å²) in [6, 6.07) is 13.0. The maximum Gasteiger partial charge on any atom is 0.305 e. The van der Waals surface area contributed by atoms with Crippen LogP contribution in [-0.4, -0.2) is 21.9 Å². The Labute approximate surface area is 131 Å². The number of nitrogens with one attached hydrogen (secondary N) is 1. The molecule has 0 aliphatic rings. The molecule has 0 aliphatic carbocycles. The van der Waals surface area contributed by atoms with E-state index in [4.69, 9.17) is 5.11 Å². The first-order chi connectivity index (χ1) is 11.0. The van der Waals surface area contributed by atoms with E-state index in [0.717, 1.165) is 0 Å². The number of amides is 1. The van der Waals surface area contributed by atoms with Gasteiger partial charge in [0.25, 0.3) is 11.6 Å². The summed E-state index contributed by atoms with van der Waals surface area (Å²) >= 11 is 0. The van der Waals surface area contributed by atoms with Gasteiger partial charge >= 0.3 is 5.97 Å². The standard InChI is InChI=1S/C16H14N2O5/c19-15(20)10-14(12-7-4-8-13(9-12)18(22)23)17-16(21)11-5-2-1-3-6-11/h1-9,14H,10H2,(H,17,21)(H,19,20)/t14-/m1/s1. The highest BCUT2D eigenvalue weighted by molar-refractivity contribution is 5.94. The molecule has 0 unspecified atom stereocenters. The first-order valence-corrected chi connectivity index (χ1v) is 6.79. The molecule has 0 fully saturated rings. The van der Waals surface area contributed by atoms with Crippen LogP contribution in [0, 0.1) is 10.1 Å². The summed E-state index contributed by atoms with van der Waals surface area (Å²) in [4.78, 5) is 33.5. The molecule has 0 aliphatic heterocycles. The third-order valence-electron chi connectivity index (χ3n) is 3.20. The van der Waals surface area contributed by atoms with Crippen LogP contribution in [0.5, 0.6) is 0 Å². The molecule has 1 amide bonds. The van der Waals surface area contributed by atoms with E-state index in [0.29, 0.717) is 11.1 Å². The van der Waals surface area contributed by atoms with E-state index in [9.17, 15) is 19.7 Å². The monoisotopic (exact) mass is 314 g/mol. The van der Waals surface area contributed by atoms with Crippen LogP contribution in [-0.2, 0) is 4.79 Å². The number of benzene rings is 2. The van der Waals surface area contributed by atoms with Gasteiger partial charge in [0, 0.05) is 17.7 Å². The van der Waals surface area contributed by atoms with E-state index >= 15 is 0 Å². The van der Waals surface area contributed by atoms with Crippen molar-refractivity contribution < 1.29 is 19.6 Å². The summed E-state index contributed by atoms with van der Waals surface area (Å²) < 4.78 is 0. The Balaban J connectivity index is 2.27. The van der Waals surface area contributed by atoms with Gasteiger partial charge in [-0.1, -0.05) is 30.3 Å². The number of carbonyl (C=O) groups is 2. The fourth-order valence-electron chi connectivity index (χ4n) is 2.11. The van der Waals surface area contributed by atoms with Crippen molar-refractivity contribution in [2.75, 3.05) is 0 Å². The Hall–Kier alpha value is -3.22. The lowest BCUT2D eigenvalue weighted by Crippen LogP contribution is -2.30. The van der Waals surface area contributed by atoms with Crippen molar-refractivity contribution in [2.45, 2.75) is 12.5 Å². The summed E-state index contributed by atoms with van der Waals surface area (Å²) in [5.74, 6) is -1.56. The largest absolute Gasteiger partial charge is 0.481 e. The molecule has 2 rings (SSSR count). The second-order valence-corrected chi connectivity index (χ2v) is 4.84. The average Bonchev–Trinajstić information content (AvgIpc) is 2.54. The normalized spacial score (nSPS) is 11.5. The molecule has 0 bridgehead atoms. The Morgan fingerprint density at radius 1 is 1.13 bits per heavy atom.